The van der Waals surface area contributed by atoms with Crippen LogP contribution in [0.15, 0.2) is 53.7 Å². The predicted molar refractivity (Wildman–Crippen MR) is 90.0 cm³/mol. The van der Waals surface area contributed by atoms with Crippen molar-refractivity contribution < 1.29 is 27.8 Å². The monoisotopic (exact) mass is 361 g/mol. The van der Waals surface area contributed by atoms with Gasteiger partial charge in [-0.3, -0.25) is 0 Å². The van der Waals surface area contributed by atoms with Crippen LogP contribution in [-0.4, -0.2) is 31.1 Å². The molecule has 1 fully saturated rings. The topological polar surface area (TPSA) is 49.3 Å². The normalized spacial score (nSPS) is 21.7. The number of para-hydroxylation sites is 1. The zero-order valence-electron chi connectivity index (χ0n) is 13.9. The molecule has 0 saturated carbocycles. The molecule has 0 amide bonds. The molecule has 2 aromatic rings. The van der Waals surface area contributed by atoms with Crippen LogP contribution >= 0.6 is 0 Å². The van der Waals surface area contributed by atoms with E-state index in [1.54, 1.807) is 36.4 Å². The van der Waals surface area contributed by atoms with Crippen LogP contribution in [0.3, 0.4) is 0 Å². The SMILES string of the molecule is FC(F)Oc1ccc(C2=NOC3(CCOC3)C2)cc1Oc1ccccc1. The Balaban J connectivity index is 1.61. The quantitative estimate of drug-likeness (QED) is 0.794. The molecule has 1 spiro atoms. The Hall–Kier alpha value is -2.67. The van der Waals surface area contributed by atoms with Crippen LogP contribution in [0.25, 0.3) is 0 Å². The van der Waals surface area contributed by atoms with E-state index in [0.29, 0.717) is 25.4 Å². The number of oxime groups is 1. The van der Waals surface area contributed by atoms with E-state index in [1.807, 2.05) is 6.07 Å². The van der Waals surface area contributed by atoms with Gasteiger partial charge in [-0.05, 0) is 30.3 Å². The summed E-state index contributed by atoms with van der Waals surface area (Å²) in [6.45, 7) is -1.79. The summed E-state index contributed by atoms with van der Waals surface area (Å²) < 4.78 is 41.1. The zero-order valence-corrected chi connectivity index (χ0v) is 13.9. The van der Waals surface area contributed by atoms with Gasteiger partial charge >= 0.3 is 6.61 Å². The van der Waals surface area contributed by atoms with E-state index in [0.717, 1.165) is 17.7 Å². The lowest BCUT2D eigenvalue weighted by molar-refractivity contribution is -0.0510. The number of alkyl halides is 2. The lowest BCUT2D eigenvalue weighted by Gasteiger charge is -2.17. The van der Waals surface area contributed by atoms with Gasteiger partial charge in [-0.1, -0.05) is 23.4 Å². The molecule has 136 valence electrons. The molecule has 26 heavy (non-hydrogen) atoms. The second kappa shape index (κ2) is 6.92. The fourth-order valence-electron chi connectivity index (χ4n) is 3.05. The minimum atomic E-state index is -2.94. The van der Waals surface area contributed by atoms with Gasteiger partial charge in [-0.15, -0.1) is 0 Å². The fraction of sp³-hybridized carbons (Fsp3) is 0.316. The molecule has 0 aliphatic carbocycles. The molecular weight excluding hydrogens is 344 g/mol. The molecule has 5 nitrogen and oxygen atoms in total. The number of hydrogen-bond acceptors (Lipinski definition) is 5. The first-order chi connectivity index (χ1) is 12.6. The van der Waals surface area contributed by atoms with Crippen molar-refractivity contribution in [3.63, 3.8) is 0 Å². The van der Waals surface area contributed by atoms with Crippen molar-refractivity contribution in [1.29, 1.82) is 0 Å². The maximum atomic E-state index is 12.7. The summed E-state index contributed by atoms with van der Waals surface area (Å²) in [6, 6.07) is 13.7. The number of rotatable bonds is 5. The predicted octanol–water partition coefficient (Wildman–Crippen LogP) is 4.36. The van der Waals surface area contributed by atoms with Gasteiger partial charge in [-0.25, -0.2) is 0 Å². The molecule has 2 heterocycles. The van der Waals surface area contributed by atoms with E-state index in [4.69, 9.17) is 14.3 Å². The van der Waals surface area contributed by atoms with Crippen molar-refractivity contribution in [2.24, 2.45) is 5.16 Å². The van der Waals surface area contributed by atoms with Gasteiger partial charge in [0, 0.05) is 18.4 Å². The highest BCUT2D eigenvalue weighted by Crippen LogP contribution is 2.38. The summed E-state index contributed by atoms with van der Waals surface area (Å²) in [7, 11) is 0. The van der Waals surface area contributed by atoms with E-state index >= 15 is 0 Å². The van der Waals surface area contributed by atoms with Gasteiger partial charge < -0.3 is 19.0 Å². The average Bonchev–Trinajstić information content (AvgIpc) is 3.27. The van der Waals surface area contributed by atoms with Gasteiger partial charge in [0.15, 0.2) is 17.1 Å². The molecule has 0 radical (unpaired) electrons. The molecule has 1 atom stereocenters. The Labute approximate surface area is 149 Å². The molecule has 2 aliphatic rings. The van der Waals surface area contributed by atoms with Crippen LogP contribution in [0.2, 0.25) is 0 Å². The zero-order chi connectivity index (χ0) is 18.0. The van der Waals surface area contributed by atoms with Crippen molar-refractivity contribution >= 4 is 5.71 Å². The van der Waals surface area contributed by atoms with Gasteiger partial charge in [0.05, 0.1) is 18.9 Å². The maximum Gasteiger partial charge on any atom is 0.387 e. The Kier molecular flexibility index (Phi) is 4.46. The second-order valence-electron chi connectivity index (χ2n) is 6.25. The molecular formula is C19H17F2NO4. The third kappa shape index (κ3) is 3.48. The summed E-state index contributed by atoms with van der Waals surface area (Å²) >= 11 is 0. The molecule has 4 rings (SSSR count). The summed E-state index contributed by atoms with van der Waals surface area (Å²) in [4.78, 5) is 5.59. The lowest BCUT2D eigenvalue weighted by Crippen LogP contribution is -2.29. The first kappa shape index (κ1) is 16.8. The number of ether oxygens (including phenoxy) is 3. The highest BCUT2D eigenvalue weighted by molar-refractivity contribution is 6.02. The fourth-order valence-corrected chi connectivity index (χ4v) is 3.05. The number of hydrogen-bond donors (Lipinski definition) is 0. The number of nitrogens with zero attached hydrogens (tertiary/aromatic N) is 1. The summed E-state index contributed by atoms with van der Waals surface area (Å²) in [5.74, 6) is 0.681. The van der Waals surface area contributed by atoms with Crippen LogP contribution in [0.4, 0.5) is 8.78 Å². The van der Waals surface area contributed by atoms with Crippen LogP contribution in [-0.2, 0) is 9.57 Å². The molecule has 7 heteroatoms. The molecule has 2 aromatic carbocycles. The Bertz CT molecular complexity index is 804. The Morgan fingerprint density at radius 1 is 1.08 bits per heavy atom. The second-order valence-corrected chi connectivity index (χ2v) is 6.25. The molecule has 2 aliphatic heterocycles. The van der Waals surface area contributed by atoms with Crippen molar-refractivity contribution in [2.45, 2.75) is 25.1 Å². The minimum absolute atomic E-state index is 0.0361. The molecule has 1 saturated heterocycles. The Morgan fingerprint density at radius 2 is 1.92 bits per heavy atom. The van der Waals surface area contributed by atoms with E-state index < -0.39 is 12.2 Å². The highest BCUT2D eigenvalue weighted by atomic mass is 19.3. The van der Waals surface area contributed by atoms with Gasteiger partial charge in [-0.2, -0.15) is 8.78 Å². The van der Waals surface area contributed by atoms with Crippen LogP contribution in [0.1, 0.15) is 18.4 Å². The first-order valence-electron chi connectivity index (χ1n) is 8.29. The standard InChI is InChI=1S/C19H17F2NO4/c20-18(21)25-16-7-6-13(10-17(16)24-14-4-2-1-3-5-14)15-11-19(26-22-15)8-9-23-12-19/h1-7,10,18H,8-9,11-12H2. The van der Waals surface area contributed by atoms with Crippen molar-refractivity contribution in [3.8, 4) is 17.2 Å². The van der Waals surface area contributed by atoms with E-state index in [2.05, 4.69) is 9.89 Å². The van der Waals surface area contributed by atoms with Gasteiger partial charge in [0.25, 0.3) is 0 Å². The highest BCUT2D eigenvalue weighted by Gasteiger charge is 2.43. The molecule has 0 aromatic heterocycles. The van der Waals surface area contributed by atoms with E-state index in [1.165, 1.54) is 6.07 Å². The third-order valence-electron chi connectivity index (χ3n) is 4.37. The van der Waals surface area contributed by atoms with Gasteiger partial charge in [0.2, 0.25) is 0 Å². The van der Waals surface area contributed by atoms with Crippen molar-refractivity contribution in [2.75, 3.05) is 13.2 Å². The van der Waals surface area contributed by atoms with Crippen molar-refractivity contribution in [1.82, 2.24) is 0 Å². The summed E-state index contributed by atoms with van der Waals surface area (Å²) in [6.07, 6.45) is 1.38. The third-order valence-corrected chi connectivity index (χ3v) is 4.37. The lowest BCUT2D eigenvalue weighted by atomic mass is 9.93. The van der Waals surface area contributed by atoms with Crippen LogP contribution in [0.5, 0.6) is 17.2 Å². The average molecular weight is 361 g/mol. The molecule has 0 N–H and O–H groups in total. The number of benzene rings is 2. The first-order valence-corrected chi connectivity index (χ1v) is 8.29. The molecule has 0 bridgehead atoms. The van der Waals surface area contributed by atoms with E-state index in [9.17, 15) is 8.78 Å². The molecule has 1 unspecified atom stereocenters. The van der Waals surface area contributed by atoms with Crippen molar-refractivity contribution in [3.05, 3.63) is 54.1 Å². The maximum absolute atomic E-state index is 12.7. The van der Waals surface area contributed by atoms with Crippen LogP contribution in [0, 0.1) is 0 Å². The summed E-state index contributed by atoms with van der Waals surface area (Å²) in [5.41, 5.74) is 1.06. The van der Waals surface area contributed by atoms with Gasteiger partial charge in [0.1, 0.15) is 5.75 Å². The Morgan fingerprint density at radius 3 is 2.65 bits per heavy atom. The smallest absolute Gasteiger partial charge is 0.387 e. The summed E-state index contributed by atoms with van der Waals surface area (Å²) in [5, 5.41) is 4.17. The van der Waals surface area contributed by atoms with E-state index in [-0.39, 0.29) is 11.5 Å². The number of halogens is 2. The van der Waals surface area contributed by atoms with Crippen LogP contribution < -0.4 is 9.47 Å². The largest absolute Gasteiger partial charge is 0.453 e. The minimum Gasteiger partial charge on any atom is -0.453 e.